The molecule has 1 aromatic rings. The average Bonchev–Trinajstić information content (AvgIpc) is 3.58. The molecule has 0 unspecified atom stereocenters. The molecule has 1 aromatic heterocycles. The van der Waals surface area contributed by atoms with E-state index in [4.69, 9.17) is 4.74 Å². The van der Waals surface area contributed by atoms with Gasteiger partial charge in [0.05, 0.1) is 12.7 Å². The molecule has 2 saturated heterocycles. The van der Waals surface area contributed by atoms with Gasteiger partial charge in [-0.25, -0.2) is 9.97 Å². The van der Waals surface area contributed by atoms with Crippen LogP contribution in [0.2, 0.25) is 0 Å². The largest absolute Gasteiger partial charge is 0.391 e. The molecule has 4 rings (SSSR count). The van der Waals surface area contributed by atoms with E-state index in [-0.39, 0.29) is 11.3 Å². The number of aromatic nitrogens is 2. The Hall–Kier alpha value is -1.57. The molecule has 7 heteroatoms. The molecule has 3 fully saturated rings. The van der Waals surface area contributed by atoms with E-state index in [9.17, 15) is 9.90 Å². The third-order valence-electron chi connectivity index (χ3n) is 7.59. The smallest absolute Gasteiger partial charge is 0.222 e. The van der Waals surface area contributed by atoms with Crippen LogP contribution in [0.3, 0.4) is 0 Å². The van der Waals surface area contributed by atoms with E-state index in [0.29, 0.717) is 43.9 Å². The molecule has 1 amide bonds. The molecule has 1 saturated carbocycles. The number of hydrogen-bond acceptors (Lipinski definition) is 6. The number of aliphatic hydroxyl groups excluding tert-OH is 1. The molecule has 0 spiro atoms. The lowest BCUT2D eigenvalue weighted by Crippen LogP contribution is -2.47. The van der Waals surface area contributed by atoms with Gasteiger partial charge in [0.2, 0.25) is 5.91 Å². The molecule has 0 aromatic carbocycles. The van der Waals surface area contributed by atoms with Crippen molar-refractivity contribution in [3.8, 4) is 0 Å². The molecule has 1 aliphatic carbocycles. The number of amides is 1. The van der Waals surface area contributed by atoms with Gasteiger partial charge >= 0.3 is 0 Å². The third-order valence-corrected chi connectivity index (χ3v) is 7.59. The van der Waals surface area contributed by atoms with Gasteiger partial charge in [0.25, 0.3) is 0 Å². The molecule has 3 atom stereocenters. The summed E-state index contributed by atoms with van der Waals surface area (Å²) in [5.74, 6) is 1.74. The van der Waals surface area contributed by atoms with Crippen molar-refractivity contribution in [3.05, 3.63) is 24.3 Å². The van der Waals surface area contributed by atoms with E-state index in [1.165, 1.54) is 12.8 Å². The summed E-state index contributed by atoms with van der Waals surface area (Å²) in [5.41, 5.74) is 0.777. The Morgan fingerprint density at radius 3 is 2.66 bits per heavy atom. The van der Waals surface area contributed by atoms with E-state index in [1.807, 2.05) is 31.1 Å². The summed E-state index contributed by atoms with van der Waals surface area (Å²) >= 11 is 0. The number of fused-ring (bicyclic) bond motifs is 1. The van der Waals surface area contributed by atoms with Gasteiger partial charge in [0.15, 0.2) is 0 Å². The number of β-amino-alcohol motifs (C(OH)–C–C–N with tert-alkyl or cyclic N) is 1. The normalized spacial score (nSPS) is 30.7. The predicted molar refractivity (Wildman–Crippen MR) is 123 cm³/mol. The first-order valence-corrected chi connectivity index (χ1v) is 12.4. The van der Waals surface area contributed by atoms with Crippen LogP contribution in [0.1, 0.15) is 57.9 Å². The number of ether oxygens (including phenoxy) is 1. The van der Waals surface area contributed by atoms with Crippen molar-refractivity contribution in [3.63, 3.8) is 0 Å². The van der Waals surface area contributed by atoms with Gasteiger partial charge < -0.3 is 14.7 Å². The fourth-order valence-electron chi connectivity index (χ4n) is 5.14. The molecule has 2 aliphatic heterocycles. The first kappa shape index (κ1) is 23.6. The van der Waals surface area contributed by atoms with Crippen LogP contribution in [0.5, 0.6) is 0 Å². The van der Waals surface area contributed by atoms with Gasteiger partial charge in [0.1, 0.15) is 6.33 Å². The highest BCUT2D eigenvalue weighted by molar-refractivity contribution is 5.76. The molecule has 7 nitrogen and oxygen atoms in total. The maximum absolute atomic E-state index is 13.4. The first-order valence-electron chi connectivity index (χ1n) is 12.4. The highest BCUT2D eigenvalue weighted by Crippen LogP contribution is 2.34. The number of carbonyl (C=O) groups is 1. The number of piperidine rings is 1. The fourth-order valence-corrected chi connectivity index (χ4v) is 5.14. The van der Waals surface area contributed by atoms with Crippen LogP contribution in [-0.2, 0) is 16.1 Å². The van der Waals surface area contributed by atoms with Gasteiger partial charge in [0, 0.05) is 62.6 Å². The zero-order chi connectivity index (χ0) is 22.6. The minimum atomic E-state index is -0.573. The Morgan fingerprint density at radius 1 is 1.12 bits per heavy atom. The van der Waals surface area contributed by atoms with E-state index in [2.05, 4.69) is 14.9 Å². The SMILES string of the molecule is CC1(C)COCCC[C@H]2CN(Cc3cncnc3)CC[C@H]2CC(=O)N(CC2CC2)C[C@@H]1O. The maximum atomic E-state index is 13.4. The Kier molecular flexibility index (Phi) is 7.79. The van der Waals surface area contributed by atoms with Crippen molar-refractivity contribution in [1.82, 2.24) is 19.8 Å². The average molecular weight is 445 g/mol. The molecule has 0 radical (unpaired) electrons. The van der Waals surface area contributed by atoms with Crippen molar-refractivity contribution in [2.75, 3.05) is 39.4 Å². The fraction of sp³-hybridized carbons (Fsp3) is 0.800. The minimum Gasteiger partial charge on any atom is -0.391 e. The summed E-state index contributed by atoms with van der Waals surface area (Å²) in [5, 5.41) is 10.9. The predicted octanol–water partition coefficient (Wildman–Crippen LogP) is 2.74. The van der Waals surface area contributed by atoms with Crippen LogP contribution < -0.4 is 0 Å². The summed E-state index contributed by atoms with van der Waals surface area (Å²) < 4.78 is 6.00. The molecular formula is C25H40N4O3. The number of hydrogen-bond donors (Lipinski definition) is 1. The van der Waals surface area contributed by atoms with Crippen LogP contribution in [0, 0.1) is 23.2 Å². The molecular weight excluding hydrogens is 404 g/mol. The highest BCUT2D eigenvalue weighted by Gasteiger charge is 2.37. The number of likely N-dealkylation sites (tertiary alicyclic amines) is 1. The van der Waals surface area contributed by atoms with Crippen molar-refractivity contribution in [2.45, 2.75) is 65.0 Å². The zero-order valence-electron chi connectivity index (χ0n) is 19.8. The van der Waals surface area contributed by atoms with Crippen LogP contribution in [0.15, 0.2) is 18.7 Å². The van der Waals surface area contributed by atoms with Crippen LogP contribution in [0.4, 0.5) is 0 Å². The monoisotopic (exact) mass is 444 g/mol. The number of aliphatic hydroxyl groups is 1. The maximum Gasteiger partial charge on any atom is 0.222 e. The molecule has 3 aliphatic rings. The second-order valence-electron chi connectivity index (χ2n) is 10.9. The summed E-state index contributed by atoms with van der Waals surface area (Å²) in [6, 6.07) is 0. The lowest BCUT2D eigenvalue weighted by Gasteiger charge is -2.39. The van der Waals surface area contributed by atoms with Crippen molar-refractivity contribution < 1.29 is 14.6 Å². The van der Waals surface area contributed by atoms with Crippen LogP contribution in [-0.4, -0.2) is 76.3 Å². The number of nitrogens with zero attached hydrogens (tertiary/aromatic N) is 4. The lowest BCUT2D eigenvalue weighted by atomic mass is 9.80. The summed E-state index contributed by atoms with van der Waals surface area (Å²) in [7, 11) is 0. The molecule has 0 bridgehead atoms. The van der Waals surface area contributed by atoms with Crippen molar-refractivity contribution >= 4 is 5.91 Å². The Balaban J connectivity index is 1.44. The summed E-state index contributed by atoms with van der Waals surface area (Å²) in [4.78, 5) is 26.2. The van der Waals surface area contributed by atoms with E-state index >= 15 is 0 Å². The number of carbonyl (C=O) groups excluding carboxylic acids is 1. The van der Waals surface area contributed by atoms with Gasteiger partial charge in [-0.2, -0.15) is 0 Å². The van der Waals surface area contributed by atoms with Crippen molar-refractivity contribution in [1.29, 1.82) is 0 Å². The molecule has 1 N–H and O–H groups in total. The third kappa shape index (κ3) is 6.49. The van der Waals surface area contributed by atoms with E-state index in [1.54, 1.807) is 6.33 Å². The second-order valence-corrected chi connectivity index (χ2v) is 10.9. The van der Waals surface area contributed by atoms with Gasteiger partial charge in [-0.3, -0.25) is 9.69 Å². The first-order chi connectivity index (χ1) is 15.4. The quantitative estimate of drug-likeness (QED) is 0.769. The van der Waals surface area contributed by atoms with Gasteiger partial charge in [-0.1, -0.05) is 13.8 Å². The van der Waals surface area contributed by atoms with Gasteiger partial charge in [-0.15, -0.1) is 0 Å². The standard InChI is InChI=1S/C25H40N4O3/c1-25(2)17-32-9-3-4-22-15-28(13-20-11-26-18-27-12-20)8-7-21(22)10-24(31)29(16-23(25)30)14-19-5-6-19/h11-12,18-19,21-23,30H,3-10,13-17H2,1-2H3/t21-,22-,23-/m0/s1. The van der Waals surface area contributed by atoms with Crippen LogP contribution >= 0.6 is 0 Å². The van der Waals surface area contributed by atoms with Crippen LogP contribution in [0.25, 0.3) is 0 Å². The summed E-state index contributed by atoms with van der Waals surface area (Å²) in [6.07, 6.45) is 10.9. The van der Waals surface area contributed by atoms with Gasteiger partial charge in [-0.05, 0) is 56.4 Å². The molecule has 32 heavy (non-hydrogen) atoms. The Bertz CT molecular complexity index is 740. The molecule has 178 valence electrons. The number of rotatable bonds is 4. The topological polar surface area (TPSA) is 78.8 Å². The molecule has 3 heterocycles. The van der Waals surface area contributed by atoms with E-state index < -0.39 is 6.10 Å². The lowest BCUT2D eigenvalue weighted by molar-refractivity contribution is -0.136. The minimum absolute atomic E-state index is 0.229. The van der Waals surface area contributed by atoms with Crippen molar-refractivity contribution in [2.24, 2.45) is 23.2 Å². The zero-order valence-corrected chi connectivity index (χ0v) is 19.8. The van der Waals surface area contributed by atoms with E-state index in [0.717, 1.165) is 51.0 Å². The Morgan fingerprint density at radius 2 is 1.91 bits per heavy atom. The highest BCUT2D eigenvalue weighted by atomic mass is 16.5. The summed E-state index contributed by atoms with van der Waals surface area (Å²) in [6.45, 7) is 9.40. The Labute approximate surface area is 192 Å². The second kappa shape index (κ2) is 10.6.